The predicted molar refractivity (Wildman–Crippen MR) is 53.8 cm³/mol. The van der Waals surface area contributed by atoms with Crippen LogP contribution in [0.4, 0.5) is 8.78 Å². The van der Waals surface area contributed by atoms with Gasteiger partial charge < -0.3 is 0 Å². The highest BCUT2D eigenvalue weighted by Crippen LogP contribution is 2.32. The molecule has 0 aliphatic heterocycles. The topological polar surface area (TPSA) is 0 Å². The van der Waals surface area contributed by atoms with Gasteiger partial charge in [0.05, 0.1) is 0 Å². The van der Waals surface area contributed by atoms with Gasteiger partial charge in [-0.05, 0) is 12.1 Å². The van der Waals surface area contributed by atoms with E-state index in [-0.39, 0.29) is 17.3 Å². The highest BCUT2D eigenvalue weighted by Gasteiger charge is 2.29. The molecule has 0 nitrogen and oxygen atoms in total. The van der Waals surface area contributed by atoms with Crippen LogP contribution in [0.15, 0.2) is 24.3 Å². The lowest BCUT2D eigenvalue weighted by Crippen LogP contribution is -2.13. The predicted octanol–water partition coefficient (Wildman–Crippen LogP) is 4.22. The van der Waals surface area contributed by atoms with Gasteiger partial charge in [-0.15, -0.1) is 0 Å². The first kappa shape index (κ1) is 10.9. The van der Waals surface area contributed by atoms with Gasteiger partial charge in [0.15, 0.2) is 0 Å². The summed E-state index contributed by atoms with van der Waals surface area (Å²) in [5.41, 5.74) is 0.0105. The van der Waals surface area contributed by atoms with Crippen LogP contribution in [-0.2, 0) is 5.92 Å². The Morgan fingerprint density at radius 2 is 1.77 bits per heavy atom. The fraction of sp³-hybridized carbons (Fsp3) is 0.333. The Balaban J connectivity index is 2.87. The SMILES string of the molecule is FC(F)(CCBr)c1ccc(Cl)cc1. The van der Waals surface area contributed by atoms with Gasteiger partial charge in [-0.1, -0.05) is 39.7 Å². The van der Waals surface area contributed by atoms with Crippen LogP contribution < -0.4 is 0 Å². The molecule has 1 aromatic carbocycles. The summed E-state index contributed by atoms with van der Waals surface area (Å²) in [4.78, 5) is 0. The van der Waals surface area contributed by atoms with Crippen molar-refractivity contribution < 1.29 is 8.78 Å². The molecule has 1 rings (SSSR count). The van der Waals surface area contributed by atoms with Crippen molar-refractivity contribution in [1.29, 1.82) is 0 Å². The number of halogens is 4. The maximum atomic E-state index is 13.2. The van der Waals surface area contributed by atoms with Gasteiger partial charge in [-0.2, -0.15) is 0 Å². The zero-order valence-electron chi connectivity index (χ0n) is 6.74. The molecule has 0 atom stereocenters. The number of rotatable bonds is 3. The third-order valence-electron chi connectivity index (χ3n) is 1.68. The van der Waals surface area contributed by atoms with Crippen LogP contribution in [0.25, 0.3) is 0 Å². The maximum Gasteiger partial charge on any atom is 0.274 e. The Labute approximate surface area is 89.0 Å². The van der Waals surface area contributed by atoms with Crippen molar-refractivity contribution in [2.24, 2.45) is 0 Å². The number of alkyl halides is 3. The summed E-state index contributed by atoms with van der Waals surface area (Å²) in [5.74, 6) is -2.77. The summed E-state index contributed by atoms with van der Waals surface area (Å²) >= 11 is 8.58. The van der Waals surface area contributed by atoms with E-state index in [0.29, 0.717) is 5.02 Å². The molecule has 0 fully saturated rings. The van der Waals surface area contributed by atoms with Crippen LogP contribution in [0.1, 0.15) is 12.0 Å². The van der Waals surface area contributed by atoms with Crippen molar-refractivity contribution in [1.82, 2.24) is 0 Å². The lowest BCUT2D eigenvalue weighted by Gasteiger charge is -2.14. The van der Waals surface area contributed by atoms with Gasteiger partial charge in [0.2, 0.25) is 0 Å². The van der Waals surface area contributed by atoms with E-state index in [4.69, 9.17) is 11.6 Å². The van der Waals surface area contributed by atoms with Crippen LogP contribution >= 0.6 is 27.5 Å². The average molecular weight is 270 g/mol. The molecule has 0 bridgehead atoms. The van der Waals surface area contributed by atoms with Crippen LogP contribution in [-0.4, -0.2) is 5.33 Å². The summed E-state index contributed by atoms with van der Waals surface area (Å²) < 4.78 is 26.4. The van der Waals surface area contributed by atoms with E-state index in [1.807, 2.05) is 0 Å². The molecule has 0 amide bonds. The van der Waals surface area contributed by atoms with E-state index in [1.54, 1.807) is 0 Å². The molecule has 13 heavy (non-hydrogen) atoms. The van der Waals surface area contributed by atoms with Crippen LogP contribution in [0.5, 0.6) is 0 Å². The Bertz CT molecular complexity index is 271. The molecule has 0 N–H and O–H groups in total. The molecule has 0 aromatic heterocycles. The van der Waals surface area contributed by atoms with Gasteiger partial charge in [-0.25, -0.2) is 8.78 Å². The van der Waals surface area contributed by atoms with E-state index >= 15 is 0 Å². The van der Waals surface area contributed by atoms with Crippen molar-refractivity contribution in [3.05, 3.63) is 34.9 Å². The summed E-state index contributed by atoms with van der Waals surface area (Å²) in [5, 5.41) is 0.751. The van der Waals surface area contributed by atoms with E-state index in [0.717, 1.165) is 0 Å². The monoisotopic (exact) mass is 268 g/mol. The molecule has 0 aliphatic carbocycles. The minimum atomic E-state index is -2.77. The Morgan fingerprint density at radius 3 is 2.23 bits per heavy atom. The first-order valence-corrected chi connectivity index (χ1v) is 5.26. The van der Waals surface area contributed by atoms with Crippen LogP contribution in [0.3, 0.4) is 0 Å². The largest absolute Gasteiger partial charge is 0.274 e. The van der Waals surface area contributed by atoms with Gasteiger partial charge in [0.25, 0.3) is 5.92 Å². The zero-order valence-corrected chi connectivity index (χ0v) is 9.08. The molecule has 72 valence electrons. The first-order chi connectivity index (χ1) is 6.06. The summed E-state index contributed by atoms with van der Waals surface area (Å²) in [6, 6.07) is 5.65. The Kier molecular flexibility index (Phi) is 3.68. The first-order valence-electron chi connectivity index (χ1n) is 3.76. The summed E-state index contributed by atoms with van der Waals surface area (Å²) in [6.45, 7) is 0. The second-order valence-electron chi connectivity index (χ2n) is 2.65. The van der Waals surface area contributed by atoms with Crippen molar-refractivity contribution in [3.8, 4) is 0 Å². The molecular formula is C9H8BrClF2. The van der Waals surface area contributed by atoms with Crippen molar-refractivity contribution in [2.75, 3.05) is 5.33 Å². The van der Waals surface area contributed by atoms with E-state index in [9.17, 15) is 8.78 Å². The molecule has 1 aromatic rings. The third-order valence-corrected chi connectivity index (χ3v) is 2.32. The minimum Gasteiger partial charge on any atom is -0.201 e. The van der Waals surface area contributed by atoms with E-state index in [2.05, 4.69) is 15.9 Å². The van der Waals surface area contributed by atoms with Gasteiger partial charge in [-0.3, -0.25) is 0 Å². The van der Waals surface area contributed by atoms with Gasteiger partial charge >= 0.3 is 0 Å². The molecular weight excluding hydrogens is 261 g/mol. The second-order valence-corrected chi connectivity index (χ2v) is 3.88. The van der Waals surface area contributed by atoms with Crippen LogP contribution in [0.2, 0.25) is 5.02 Å². The third kappa shape index (κ3) is 2.92. The molecule has 4 heteroatoms. The fourth-order valence-corrected chi connectivity index (χ4v) is 1.58. The average Bonchev–Trinajstić information content (AvgIpc) is 2.05. The lowest BCUT2D eigenvalue weighted by molar-refractivity contribution is -0.00670. The minimum absolute atomic E-state index is 0.0105. The lowest BCUT2D eigenvalue weighted by atomic mass is 10.1. The standard InChI is InChI=1S/C9H8BrClF2/c10-6-5-9(12,13)7-1-3-8(11)4-2-7/h1-4H,5-6H2. The van der Waals surface area contributed by atoms with Crippen molar-refractivity contribution in [2.45, 2.75) is 12.3 Å². The van der Waals surface area contributed by atoms with Gasteiger partial charge in [0.1, 0.15) is 0 Å². The fourth-order valence-electron chi connectivity index (χ4n) is 0.957. The quantitative estimate of drug-likeness (QED) is 0.721. The normalized spacial score (nSPS) is 11.7. The molecule has 0 heterocycles. The summed E-state index contributed by atoms with van der Waals surface area (Å²) in [6.07, 6.45) is -0.200. The van der Waals surface area contributed by atoms with Crippen molar-refractivity contribution >= 4 is 27.5 Å². The van der Waals surface area contributed by atoms with E-state index in [1.165, 1.54) is 24.3 Å². The molecule has 0 spiro atoms. The number of hydrogen-bond donors (Lipinski definition) is 0. The second kappa shape index (κ2) is 4.38. The molecule has 0 radical (unpaired) electrons. The maximum absolute atomic E-state index is 13.2. The van der Waals surface area contributed by atoms with Gasteiger partial charge in [0, 0.05) is 22.3 Å². The molecule has 0 saturated heterocycles. The highest BCUT2D eigenvalue weighted by atomic mass is 79.9. The highest BCUT2D eigenvalue weighted by molar-refractivity contribution is 9.09. The Morgan fingerprint density at radius 1 is 1.23 bits per heavy atom. The number of hydrogen-bond acceptors (Lipinski definition) is 0. The Hall–Kier alpha value is -0.150. The number of benzene rings is 1. The molecule has 0 aliphatic rings. The van der Waals surface area contributed by atoms with Crippen LogP contribution in [0, 0.1) is 0 Å². The molecule has 0 unspecified atom stereocenters. The van der Waals surface area contributed by atoms with E-state index < -0.39 is 5.92 Å². The molecule has 0 saturated carbocycles. The summed E-state index contributed by atoms with van der Waals surface area (Å²) in [7, 11) is 0. The zero-order chi connectivity index (χ0) is 9.90. The smallest absolute Gasteiger partial charge is 0.201 e. The van der Waals surface area contributed by atoms with Crippen molar-refractivity contribution in [3.63, 3.8) is 0 Å².